The molecule has 0 saturated heterocycles. The maximum atomic E-state index is 11.0. The van der Waals surface area contributed by atoms with Crippen molar-refractivity contribution in [2.75, 3.05) is 7.11 Å². The molecular weight excluding hydrogens is 338 g/mol. The predicted octanol–water partition coefficient (Wildman–Crippen LogP) is 5.24. The van der Waals surface area contributed by atoms with Gasteiger partial charge in [0.1, 0.15) is 22.9 Å². The summed E-state index contributed by atoms with van der Waals surface area (Å²) in [6, 6.07) is 12.9. The number of methoxy groups -OCH3 is 1. The van der Waals surface area contributed by atoms with Crippen LogP contribution in [0, 0.1) is 0 Å². The molecule has 1 aromatic carbocycles. The Hall–Kier alpha value is -1.78. The molecule has 4 nitrogen and oxygen atoms in total. The molecular formula is C23H33NO3. The summed E-state index contributed by atoms with van der Waals surface area (Å²) >= 11 is 0. The van der Waals surface area contributed by atoms with Gasteiger partial charge in [-0.3, -0.25) is 4.90 Å². The highest BCUT2D eigenvalue weighted by atomic mass is 16.5. The van der Waals surface area contributed by atoms with E-state index in [2.05, 4.69) is 30.9 Å². The monoisotopic (exact) mass is 371 g/mol. The maximum absolute atomic E-state index is 11.0. The van der Waals surface area contributed by atoms with Gasteiger partial charge >= 0.3 is 0 Å². The van der Waals surface area contributed by atoms with Gasteiger partial charge < -0.3 is 14.3 Å². The van der Waals surface area contributed by atoms with Gasteiger partial charge in [0.15, 0.2) is 0 Å². The SMILES string of the molecule is CCCC(O)(CCC)c1ccc(CN(Cc2ccc(OC)cc2)C2CC2)o1. The highest BCUT2D eigenvalue weighted by Gasteiger charge is 2.33. The smallest absolute Gasteiger partial charge is 0.135 e. The highest BCUT2D eigenvalue weighted by Crippen LogP contribution is 2.34. The van der Waals surface area contributed by atoms with E-state index < -0.39 is 5.60 Å². The van der Waals surface area contributed by atoms with Crippen LogP contribution >= 0.6 is 0 Å². The zero-order chi connectivity index (χ0) is 19.3. The lowest BCUT2D eigenvalue weighted by Gasteiger charge is -2.25. The van der Waals surface area contributed by atoms with Crippen LogP contribution in [-0.4, -0.2) is 23.2 Å². The van der Waals surface area contributed by atoms with Gasteiger partial charge in [0.05, 0.1) is 13.7 Å². The van der Waals surface area contributed by atoms with E-state index in [1.54, 1.807) is 7.11 Å². The van der Waals surface area contributed by atoms with Crippen molar-refractivity contribution in [2.24, 2.45) is 0 Å². The molecule has 2 aromatic rings. The Morgan fingerprint density at radius 1 is 1.04 bits per heavy atom. The van der Waals surface area contributed by atoms with E-state index in [0.717, 1.165) is 56.0 Å². The topological polar surface area (TPSA) is 45.8 Å². The lowest BCUT2D eigenvalue weighted by Crippen LogP contribution is -2.25. The number of hydrogen-bond acceptors (Lipinski definition) is 4. The minimum absolute atomic E-state index is 0.630. The summed E-state index contributed by atoms with van der Waals surface area (Å²) in [5.74, 6) is 2.55. The molecule has 0 atom stereocenters. The van der Waals surface area contributed by atoms with Crippen LogP contribution in [0.2, 0.25) is 0 Å². The largest absolute Gasteiger partial charge is 0.497 e. The van der Waals surface area contributed by atoms with Crippen LogP contribution in [0.15, 0.2) is 40.8 Å². The Morgan fingerprint density at radius 2 is 1.70 bits per heavy atom. The van der Waals surface area contributed by atoms with E-state index in [9.17, 15) is 5.11 Å². The first-order valence-electron chi connectivity index (χ1n) is 10.3. The fraction of sp³-hybridized carbons (Fsp3) is 0.565. The molecule has 4 heteroatoms. The molecule has 1 fully saturated rings. The number of rotatable bonds is 11. The van der Waals surface area contributed by atoms with Crippen molar-refractivity contribution in [3.63, 3.8) is 0 Å². The number of furan rings is 1. The first-order chi connectivity index (χ1) is 13.1. The molecule has 0 radical (unpaired) electrons. The molecule has 1 heterocycles. The second-order valence-corrected chi connectivity index (χ2v) is 7.78. The fourth-order valence-electron chi connectivity index (χ4n) is 3.83. The molecule has 27 heavy (non-hydrogen) atoms. The Labute approximate surface area is 163 Å². The molecule has 1 aliphatic rings. The van der Waals surface area contributed by atoms with Gasteiger partial charge in [-0.2, -0.15) is 0 Å². The summed E-state index contributed by atoms with van der Waals surface area (Å²) in [5, 5.41) is 11.0. The third kappa shape index (κ3) is 5.14. The number of ether oxygens (including phenoxy) is 1. The van der Waals surface area contributed by atoms with Crippen molar-refractivity contribution in [1.82, 2.24) is 4.90 Å². The van der Waals surface area contributed by atoms with Gasteiger partial charge in [-0.25, -0.2) is 0 Å². The van der Waals surface area contributed by atoms with Crippen molar-refractivity contribution in [3.8, 4) is 5.75 Å². The Morgan fingerprint density at radius 3 is 2.26 bits per heavy atom. The number of nitrogens with zero attached hydrogens (tertiary/aromatic N) is 1. The molecule has 1 aromatic heterocycles. The molecule has 0 spiro atoms. The lowest BCUT2D eigenvalue weighted by atomic mass is 9.90. The lowest BCUT2D eigenvalue weighted by molar-refractivity contribution is -0.00525. The average molecular weight is 372 g/mol. The van der Waals surface area contributed by atoms with Crippen LogP contribution in [0.25, 0.3) is 0 Å². The number of aliphatic hydroxyl groups is 1. The van der Waals surface area contributed by atoms with E-state index in [-0.39, 0.29) is 0 Å². The first kappa shape index (κ1) is 20.0. The molecule has 1 aliphatic carbocycles. The zero-order valence-electron chi connectivity index (χ0n) is 16.9. The first-order valence-corrected chi connectivity index (χ1v) is 10.3. The van der Waals surface area contributed by atoms with Crippen molar-refractivity contribution in [2.45, 2.75) is 77.1 Å². The summed E-state index contributed by atoms with van der Waals surface area (Å²) in [6.07, 6.45) is 5.87. The van der Waals surface area contributed by atoms with Crippen LogP contribution in [0.5, 0.6) is 5.75 Å². The predicted molar refractivity (Wildman–Crippen MR) is 108 cm³/mol. The van der Waals surface area contributed by atoms with E-state index in [1.807, 2.05) is 24.3 Å². The zero-order valence-corrected chi connectivity index (χ0v) is 16.9. The Kier molecular flexibility index (Phi) is 6.61. The average Bonchev–Trinajstić information content (AvgIpc) is 3.41. The Balaban J connectivity index is 1.69. The maximum Gasteiger partial charge on any atom is 0.135 e. The van der Waals surface area contributed by atoms with E-state index in [0.29, 0.717) is 6.04 Å². The van der Waals surface area contributed by atoms with Gasteiger partial charge in [-0.05, 0) is 55.5 Å². The van der Waals surface area contributed by atoms with Gasteiger partial charge in [-0.15, -0.1) is 0 Å². The molecule has 0 aliphatic heterocycles. The third-order valence-electron chi connectivity index (χ3n) is 5.41. The minimum atomic E-state index is -0.831. The van der Waals surface area contributed by atoms with Crippen molar-refractivity contribution in [3.05, 3.63) is 53.5 Å². The van der Waals surface area contributed by atoms with Gasteiger partial charge in [0.2, 0.25) is 0 Å². The van der Waals surface area contributed by atoms with Gasteiger partial charge in [0.25, 0.3) is 0 Å². The summed E-state index contributed by atoms with van der Waals surface area (Å²) in [4.78, 5) is 2.48. The standard InChI is InChI=1S/C23H33NO3/c1-4-14-23(25,15-5-2)22-13-12-21(27-22)17-24(19-8-9-19)16-18-6-10-20(26-3)11-7-18/h6-7,10-13,19,25H,4-5,8-9,14-17H2,1-3H3. The Bertz CT molecular complexity index is 697. The molecule has 1 saturated carbocycles. The quantitative estimate of drug-likeness (QED) is 0.587. The van der Waals surface area contributed by atoms with Crippen LogP contribution in [0.1, 0.15) is 69.5 Å². The van der Waals surface area contributed by atoms with E-state index in [1.165, 1.54) is 18.4 Å². The van der Waals surface area contributed by atoms with Gasteiger partial charge in [0, 0.05) is 12.6 Å². The van der Waals surface area contributed by atoms with E-state index >= 15 is 0 Å². The summed E-state index contributed by atoms with van der Waals surface area (Å²) in [6.45, 7) is 5.90. The minimum Gasteiger partial charge on any atom is -0.497 e. The molecule has 0 amide bonds. The van der Waals surface area contributed by atoms with E-state index in [4.69, 9.17) is 9.15 Å². The van der Waals surface area contributed by atoms with Crippen LogP contribution < -0.4 is 4.74 Å². The molecule has 148 valence electrons. The third-order valence-corrected chi connectivity index (χ3v) is 5.41. The van der Waals surface area contributed by atoms with Crippen molar-refractivity contribution >= 4 is 0 Å². The molecule has 0 unspecified atom stereocenters. The number of benzene rings is 1. The molecule has 0 bridgehead atoms. The highest BCUT2D eigenvalue weighted by molar-refractivity contribution is 5.27. The summed E-state index contributed by atoms with van der Waals surface area (Å²) in [7, 11) is 1.69. The van der Waals surface area contributed by atoms with Crippen molar-refractivity contribution in [1.29, 1.82) is 0 Å². The molecule has 3 rings (SSSR count). The molecule has 1 N–H and O–H groups in total. The van der Waals surface area contributed by atoms with Crippen LogP contribution in [-0.2, 0) is 18.7 Å². The second-order valence-electron chi connectivity index (χ2n) is 7.78. The number of hydrogen-bond donors (Lipinski definition) is 1. The summed E-state index contributed by atoms with van der Waals surface area (Å²) < 4.78 is 11.4. The fourth-order valence-corrected chi connectivity index (χ4v) is 3.83. The second kappa shape index (κ2) is 8.94. The summed E-state index contributed by atoms with van der Waals surface area (Å²) in [5.41, 5.74) is 0.449. The normalized spacial score (nSPS) is 14.7. The van der Waals surface area contributed by atoms with Crippen molar-refractivity contribution < 1.29 is 14.3 Å². The van der Waals surface area contributed by atoms with Gasteiger partial charge in [-0.1, -0.05) is 38.8 Å². The van der Waals surface area contributed by atoms with Crippen LogP contribution in [0.3, 0.4) is 0 Å². The van der Waals surface area contributed by atoms with Crippen LogP contribution in [0.4, 0.5) is 0 Å².